The van der Waals surface area contributed by atoms with E-state index in [1.807, 2.05) is 13.8 Å². The standard InChI is InChI=1S/C5H11O2/c1-5(2)3-7-4-6/h5H,3-4H2,1-2H3. The summed E-state index contributed by atoms with van der Waals surface area (Å²) in [6, 6.07) is 0. The van der Waals surface area contributed by atoms with Gasteiger partial charge in [0.15, 0.2) is 6.79 Å². The maximum atomic E-state index is 9.61. The number of ether oxygens (including phenoxy) is 1. The summed E-state index contributed by atoms with van der Waals surface area (Å²) in [5.74, 6) is 0.481. The van der Waals surface area contributed by atoms with Crippen molar-refractivity contribution < 1.29 is 9.84 Å². The fourth-order valence-electron chi connectivity index (χ4n) is 0.284. The Morgan fingerprint density at radius 3 is 2.29 bits per heavy atom. The minimum absolute atomic E-state index is 0.405. The molecule has 0 aromatic carbocycles. The van der Waals surface area contributed by atoms with Gasteiger partial charge in [0.2, 0.25) is 0 Å². The van der Waals surface area contributed by atoms with Gasteiger partial charge in [-0.2, -0.15) is 0 Å². The first-order valence-electron chi connectivity index (χ1n) is 2.43. The molecule has 0 aromatic rings. The maximum absolute atomic E-state index is 9.61. The summed E-state index contributed by atoms with van der Waals surface area (Å²) in [4.78, 5) is 0. The second-order valence-corrected chi connectivity index (χ2v) is 1.88. The van der Waals surface area contributed by atoms with Crippen LogP contribution in [-0.4, -0.2) is 13.4 Å². The van der Waals surface area contributed by atoms with Crippen LogP contribution in [0.4, 0.5) is 0 Å². The summed E-state index contributed by atoms with van der Waals surface area (Å²) in [5.41, 5.74) is 0. The second-order valence-electron chi connectivity index (χ2n) is 1.88. The molecule has 2 nitrogen and oxygen atoms in total. The van der Waals surface area contributed by atoms with Crippen molar-refractivity contribution in [3.8, 4) is 0 Å². The molecule has 0 saturated heterocycles. The van der Waals surface area contributed by atoms with E-state index in [2.05, 4.69) is 4.74 Å². The molecular weight excluding hydrogens is 92.1 g/mol. The van der Waals surface area contributed by atoms with Gasteiger partial charge in [-0.1, -0.05) is 13.8 Å². The van der Waals surface area contributed by atoms with Crippen molar-refractivity contribution in [3.63, 3.8) is 0 Å². The minimum Gasteiger partial charge on any atom is -0.352 e. The molecule has 0 unspecified atom stereocenters. The van der Waals surface area contributed by atoms with E-state index in [9.17, 15) is 5.11 Å². The van der Waals surface area contributed by atoms with Crippen molar-refractivity contribution in [1.29, 1.82) is 0 Å². The highest BCUT2D eigenvalue weighted by atomic mass is 16.6. The zero-order valence-electron chi connectivity index (χ0n) is 4.81. The van der Waals surface area contributed by atoms with E-state index in [0.29, 0.717) is 12.5 Å². The molecule has 0 aliphatic carbocycles. The zero-order chi connectivity index (χ0) is 5.70. The first-order valence-corrected chi connectivity index (χ1v) is 2.43. The van der Waals surface area contributed by atoms with Gasteiger partial charge in [-0.15, -0.1) is 0 Å². The van der Waals surface area contributed by atoms with E-state index in [1.54, 1.807) is 0 Å². The average molecular weight is 103 g/mol. The predicted octanol–water partition coefficient (Wildman–Crippen LogP) is 1.05. The summed E-state index contributed by atoms with van der Waals surface area (Å²) in [6.45, 7) is 4.20. The van der Waals surface area contributed by atoms with Gasteiger partial charge in [0, 0.05) is 0 Å². The van der Waals surface area contributed by atoms with Crippen LogP contribution < -0.4 is 0 Å². The van der Waals surface area contributed by atoms with Crippen LogP contribution in [0.5, 0.6) is 0 Å². The molecule has 43 valence electrons. The number of rotatable bonds is 3. The van der Waals surface area contributed by atoms with Crippen LogP contribution in [-0.2, 0) is 9.84 Å². The average Bonchev–Trinajstić information content (AvgIpc) is 1.61. The third kappa shape index (κ3) is 5.92. The number of hydrogen-bond acceptors (Lipinski definition) is 1. The fourth-order valence-corrected chi connectivity index (χ4v) is 0.284. The van der Waals surface area contributed by atoms with Crippen LogP contribution >= 0.6 is 0 Å². The van der Waals surface area contributed by atoms with Gasteiger partial charge in [0.05, 0.1) is 6.61 Å². The maximum Gasteiger partial charge on any atom is 0.180 e. The summed E-state index contributed by atoms with van der Waals surface area (Å²) < 4.78 is 4.54. The predicted molar refractivity (Wildman–Crippen MR) is 26.3 cm³/mol. The molecule has 0 aliphatic rings. The Morgan fingerprint density at radius 2 is 2.14 bits per heavy atom. The lowest BCUT2D eigenvalue weighted by molar-refractivity contribution is -0.0524. The Kier molecular flexibility index (Phi) is 4.04. The topological polar surface area (TPSA) is 29.1 Å². The van der Waals surface area contributed by atoms with E-state index < -0.39 is 6.79 Å². The quantitative estimate of drug-likeness (QED) is 0.491. The minimum atomic E-state index is -0.405. The molecule has 7 heavy (non-hydrogen) atoms. The summed E-state index contributed by atoms with van der Waals surface area (Å²) >= 11 is 0. The Balaban J connectivity index is 2.68. The zero-order valence-corrected chi connectivity index (χ0v) is 4.81. The van der Waals surface area contributed by atoms with E-state index in [0.717, 1.165) is 0 Å². The molecule has 0 heterocycles. The van der Waals surface area contributed by atoms with E-state index in [4.69, 9.17) is 0 Å². The lowest BCUT2D eigenvalue weighted by Gasteiger charge is -1.99. The highest BCUT2D eigenvalue weighted by Crippen LogP contribution is 1.89. The summed E-state index contributed by atoms with van der Waals surface area (Å²) in [7, 11) is 0. The first-order chi connectivity index (χ1) is 3.27. The van der Waals surface area contributed by atoms with Crippen LogP contribution in [0.15, 0.2) is 0 Å². The molecule has 1 radical (unpaired) electrons. The van der Waals surface area contributed by atoms with Gasteiger partial charge < -0.3 is 4.74 Å². The van der Waals surface area contributed by atoms with E-state index in [-0.39, 0.29) is 0 Å². The van der Waals surface area contributed by atoms with Gasteiger partial charge in [0.25, 0.3) is 0 Å². The van der Waals surface area contributed by atoms with Crippen molar-refractivity contribution in [2.75, 3.05) is 13.4 Å². The van der Waals surface area contributed by atoms with Gasteiger partial charge >= 0.3 is 0 Å². The molecule has 0 fully saturated rings. The van der Waals surface area contributed by atoms with Crippen LogP contribution in [0.3, 0.4) is 0 Å². The molecule has 0 bridgehead atoms. The summed E-state index contributed by atoms with van der Waals surface area (Å²) in [6.07, 6.45) is 0. The normalized spacial score (nSPS) is 10.3. The van der Waals surface area contributed by atoms with Crippen molar-refractivity contribution >= 4 is 0 Å². The molecule has 2 heteroatoms. The van der Waals surface area contributed by atoms with Gasteiger partial charge in [-0.25, -0.2) is 5.11 Å². The molecule has 0 atom stereocenters. The molecule has 0 amide bonds. The first kappa shape index (κ1) is 6.92. The third-order valence-electron chi connectivity index (χ3n) is 0.535. The van der Waals surface area contributed by atoms with Gasteiger partial charge in [0.1, 0.15) is 0 Å². The monoisotopic (exact) mass is 103 g/mol. The molecule has 0 rings (SSSR count). The van der Waals surface area contributed by atoms with Crippen molar-refractivity contribution in [1.82, 2.24) is 0 Å². The Labute approximate surface area is 44.1 Å². The van der Waals surface area contributed by atoms with Gasteiger partial charge in [-0.05, 0) is 5.92 Å². The Morgan fingerprint density at radius 1 is 1.57 bits per heavy atom. The van der Waals surface area contributed by atoms with Crippen molar-refractivity contribution in [2.24, 2.45) is 5.92 Å². The smallest absolute Gasteiger partial charge is 0.180 e. The van der Waals surface area contributed by atoms with Gasteiger partial charge in [-0.3, -0.25) is 0 Å². The molecular formula is C5H11O2. The van der Waals surface area contributed by atoms with Crippen LogP contribution in [0.2, 0.25) is 0 Å². The molecule has 0 aliphatic heterocycles. The Bertz CT molecular complexity index is 35.1. The molecule has 0 spiro atoms. The largest absolute Gasteiger partial charge is 0.352 e. The third-order valence-corrected chi connectivity index (χ3v) is 0.535. The molecule has 0 aromatic heterocycles. The second kappa shape index (κ2) is 4.09. The van der Waals surface area contributed by atoms with Crippen LogP contribution in [0.25, 0.3) is 0 Å². The number of hydrogen-bond donors (Lipinski definition) is 0. The van der Waals surface area contributed by atoms with Crippen LogP contribution in [0, 0.1) is 5.92 Å². The SMILES string of the molecule is CC(C)COC[O]. The van der Waals surface area contributed by atoms with Crippen molar-refractivity contribution in [2.45, 2.75) is 13.8 Å². The van der Waals surface area contributed by atoms with Crippen molar-refractivity contribution in [3.05, 3.63) is 0 Å². The van der Waals surface area contributed by atoms with Crippen LogP contribution in [0.1, 0.15) is 13.8 Å². The lowest BCUT2D eigenvalue weighted by atomic mass is 10.2. The Hall–Kier alpha value is -0.0800. The molecule has 0 saturated carbocycles. The van der Waals surface area contributed by atoms with E-state index in [1.165, 1.54) is 0 Å². The highest BCUT2D eigenvalue weighted by molar-refractivity contribution is 4.35. The lowest BCUT2D eigenvalue weighted by Crippen LogP contribution is -2.00. The van der Waals surface area contributed by atoms with E-state index >= 15 is 0 Å². The summed E-state index contributed by atoms with van der Waals surface area (Å²) in [5, 5.41) is 9.61. The highest BCUT2D eigenvalue weighted by Gasteiger charge is 1.89. The molecule has 0 N–H and O–H groups in total. The fraction of sp³-hybridized carbons (Fsp3) is 1.00.